The highest BCUT2D eigenvalue weighted by molar-refractivity contribution is 5.95. The molecule has 5 aliphatic rings. The van der Waals surface area contributed by atoms with Gasteiger partial charge in [0.25, 0.3) is 0 Å². The highest BCUT2D eigenvalue weighted by Crippen LogP contribution is 2.76. The van der Waals surface area contributed by atoms with E-state index >= 15 is 0 Å². The molecule has 0 N–H and O–H groups in total. The summed E-state index contributed by atoms with van der Waals surface area (Å²) in [4.78, 5) is 12.8. The third-order valence-electron chi connectivity index (χ3n) is 12.9. The van der Waals surface area contributed by atoms with E-state index in [2.05, 4.69) is 61.1 Å². The first kappa shape index (κ1) is 22.0. The predicted molar refractivity (Wildman–Crippen MR) is 130 cm³/mol. The van der Waals surface area contributed by atoms with Gasteiger partial charge in [-0.25, -0.2) is 0 Å². The third kappa shape index (κ3) is 2.53. The Labute approximate surface area is 191 Å². The Balaban J connectivity index is 1.57. The van der Waals surface area contributed by atoms with Gasteiger partial charge < -0.3 is 0 Å². The predicted octanol–water partition coefficient (Wildman–Crippen LogP) is 8.01. The molecule has 1 heteroatoms. The Kier molecular flexibility index (Phi) is 4.52. The second-order valence-electron chi connectivity index (χ2n) is 14.1. The van der Waals surface area contributed by atoms with Crippen LogP contribution in [0.4, 0.5) is 0 Å². The smallest absolute Gasteiger partial charge is 0.161 e. The molecule has 0 aromatic rings. The molecule has 31 heavy (non-hydrogen) atoms. The van der Waals surface area contributed by atoms with Gasteiger partial charge >= 0.3 is 0 Å². The van der Waals surface area contributed by atoms with Crippen molar-refractivity contribution in [2.75, 3.05) is 0 Å². The Morgan fingerprint density at radius 1 is 0.871 bits per heavy atom. The summed E-state index contributed by atoms with van der Waals surface area (Å²) in [6, 6.07) is 0. The molecule has 4 saturated carbocycles. The van der Waals surface area contributed by atoms with E-state index in [-0.39, 0.29) is 10.8 Å². The average Bonchev–Trinajstić information content (AvgIpc) is 2.69. The molecule has 0 amide bonds. The van der Waals surface area contributed by atoms with Crippen LogP contribution in [0.15, 0.2) is 24.3 Å². The average molecular weight is 423 g/mol. The summed E-state index contributed by atoms with van der Waals surface area (Å²) in [5, 5.41) is 0. The molecule has 0 radical (unpaired) electrons. The summed E-state index contributed by atoms with van der Waals surface area (Å²) in [6.07, 6.45) is 14.9. The fraction of sp³-hybridized carbons (Fsp3) is 0.833. The molecule has 0 aliphatic heterocycles. The first-order valence-corrected chi connectivity index (χ1v) is 13.2. The molecule has 9 atom stereocenters. The Hall–Kier alpha value is -0.850. The second-order valence-corrected chi connectivity index (χ2v) is 14.1. The number of allylic oxidation sites excluding steroid dienone is 3. The maximum absolute atomic E-state index is 12.8. The second kappa shape index (κ2) is 6.38. The van der Waals surface area contributed by atoms with Crippen molar-refractivity contribution in [3.8, 4) is 0 Å². The number of hydrogen-bond donors (Lipinski definition) is 0. The van der Waals surface area contributed by atoms with Gasteiger partial charge in [-0.15, -0.1) is 0 Å². The fourth-order valence-corrected chi connectivity index (χ4v) is 10.7. The van der Waals surface area contributed by atoms with E-state index in [0.717, 1.165) is 11.8 Å². The van der Waals surface area contributed by atoms with E-state index in [1.807, 2.05) is 6.08 Å². The highest BCUT2D eigenvalue weighted by atomic mass is 16.1. The number of carbonyl (C=O) groups excluding carboxylic acids is 1. The molecule has 4 fully saturated rings. The molecule has 0 bridgehead atoms. The van der Waals surface area contributed by atoms with Crippen molar-refractivity contribution in [1.82, 2.24) is 0 Å². The lowest BCUT2D eigenvalue weighted by molar-refractivity contribution is -0.225. The van der Waals surface area contributed by atoms with Crippen LogP contribution in [0.25, 0.3) is 0 Å². The van der Waals surface area contributed by atoms with Gasteiger partial charge in [-0.3, -0.25) is 4.79 Å². The highest BCUT2D eigenvalue weighted by Gasteiger charge is 2.69. The number of carbonyl (C=O) groups is 1. The summed E-state index contributed by atoms with van der Waals surface area (Å²) in [7, 11) is 0. The van der Waals surface area contributed by atoms with Crippen molar-refractivity contribution in [2.45, 2.75) is 99.8 Å². The lowest BCUT2D eigenvalue weighted by Gasteiger charge is -2.72. The van der Waals surface area contributed by atoms with Crippen molar-refractivity contribution in [3.05, 3.63) is 24.3 Å². The quantitative estimate of drug-likeness (QED) is 0.361. The maximum atomic E-state index is 12.8. The van der Waals surface area contributed by atoms with Gasteiger partial charge in [0.1, 0.15) is 0 Å². The zero-order valence-corrected chi connectivity index (χ0v) is 21.3. The Morgan fingerprint density at radius 2 is 1.58 bits per heavy atom. The molecule has 0 aromatic heterocycles. The van der Waals surface area contributed by atoms with E-state index in [0.29, 0.717) is 39.8 Å². The minimum Gasteiger partial charge on any atom is -0.294 e. The van der Waals surface area contributed by atoms with Crippen LogP contribution in [-0.2, 0) is 4.79 Å². The van der Waals surface area contributed by atoms with Crippen LogP contribution in [0, 0.1) is 56.7 Å². The van der Waals surface area contributed by atoms with Crippen LogP contribution in [-0.4, -0.2) is 5.78 Å². The molecule has 0 heterocycles. The molecule has 5 aliphatic carbocycles. The zero-order valence-electron chi connectivity index (χ0n) is 21.3. The molecule has 5 rings (SSSR count). The molecule has 0 unspecified atom stereocenters. The first-order valence-electron chi connectivity index (χ1n) is 13.2. The molecule has 172 valence electrons. The molecular weight excluding hydrogens is 376 g/mol. The van der Waals surface area contributed by atoms with Gasteiger partial charge in [-0.1, -0.05) is 66.7 Å². The van der Waals surface area contributed by atoms with Gasteiger partial charge in [0.05, 0.1) is 0 Å². The molecular formula is C30H46O. The SMILES string of the molecule is C=C1CC[C@]2(C)CC[C@]3(C)[C@@H](CC[C@@H]4[C@@]5(C)C=CC(=O)C(C)(C)[C@@H]5CC[C@]43C)[C@H]2[C@@H]1C. The fourth-order valence-electron chi connectivity index (χ4n) is 10.7. The van der Waals surface area contributed by atoms with E-state index in [1.165, 1.54) is 56.9 Å². The monoisotopic (exact) mass is 422 g/mol. The van der Waals surface area contributed by atoms with E-state index in [1.54, 1.807) is 0 Å². The maximum Gasteiger partial charge on any atom is 0.161 e. The van der Waals surface area contributed by atoms with Gasteiger partial charge in [0, 0.05) is 5.41 Å². The van der Waals surface area contributed by atoms with Gasteiger partial charge in [-0.05, 0) is 109 Å². The number of fused-ring (bicyclic) bond motifs is 7. The van der Waals surface area contributed by atoms with E-state index in [9.17, 15) is 4.79 Å². The van der Waals surface area contributed by atoms with Crippen LogP contribution in [0.2, 0.25) is 0 Å². The number of hydrogen-bond acceptors (Lipinski definition) is 1. The van der Waals surface area contributed by atoms with Crippen LogP contribution in [0.3, 0.4) is 0 Å². The summed E-state index contributed by atoms with van der Waals surface area (Å²) >= 11 is 0. The summed E-state index contributed by atoms with van der Waals surface area (Å²) in [5.41, 5.74) is 2.73. The molecule has 0 aromatic carbocycles. The van der Waals surface area contributed by atoms with Crippen molar-refractivity contribution in [3.63, 3.8) is 0 Å². The van der Waals surface area contributed by atoms with Gasteiger partial charge in [-0.2, -0.15) is 0 Å². The lowest BCUT2D eigenvalue weighted by Crippen LogP contribution is -2.66. The Bertz CT molecular complexity index is 848. The minimum atomic E-state index is -0.219. The van der Waals surface area contributed by atoms with Gasteiger partial charge in [0.2, 0.25) is 0 Å². The minimum absolute atomic E-state index is 0.154. The van der Waals surface area contributed by atoms with Crippen LogP contribution in [0.1, 0.15) is 99.8 Å². The topological polar surface area (TPSA) is 17.1 Å². The number of ketones is 1. The van der Waals surface area contributed by atoms with Crippen molar-refractivity contribution in [1.29, 1.82) is 0 Å². The van der Waals surface area contributed by atoms with Crippen molar-refractivity contribution in [2.24, 2.45) is 56.7 Å². The Morgan fingerprint density at radius 3 is 2.29 bits per heavy atom. The molecule has 0 saturated heterocycles. The first-order chi connectivity index (χ1) is 14.3. The van der Waals surface area contributed by atoms with Crippen LogP contribution >= 0.6 is 0 Å². The van der Waals surface area contributed by atoms with Crippen LogP contribution in [0.5, 0.6) is 0 Å². The summed E-state index contributed by atoms with van der Waals surface area (Å²) in [6.45, 7) is 22.0. The standard InChI is InChI=1S/C30H46O/c1-19-11-14-27(5)17-18-29(7)21(25(27)20(19)2)9-10-23-28(6)15-13-24(31)26(3,4)22(28)12-16-30(23,29)8/h13,15,20-23,25H,1,9-12,14,16-18H2,2-8H3/t20-,21+,22+,23-,25-,27-,28+,29-,30-/m1/s1. The largest absolute Gasteiger partial charge is 0.294 e. The summed E-state index contributed by atoms with van der Waals surface area (Å²) < 4.78 is 0. The van der Waals surface area contributed by atoms with E-state index in [4.69, 9.17) is 0 Å². The van der Waals surface area contributed by atoms with Gasteiger partial charge in [0.15, 0.2) is 5.78 Å². The summed E-state index contributed by atoms with van der Waals surface area (Å²) in [5.74, 6) is 3.81. The van der Waals surface area contributed by atoms with Crippen molar-refractivity contribution >= 4 is 5.78 Å². The van der Waals surface area contributed by atoms with Crippen molar-refractivity contribution < 1.29 is 4.79 Å². The molecule has 0 spiro atoms. The van der Waals surface area contributed by atoms with Crippen LogP contribution < -0.4 is 0 Å². The lowest BCUT2D eigenvalue weighted by atomic mass is 9.32. The number of rotatable bonds is 0. The third-order valence-corrected chi connectivity index (χ3v) is 12.9. The zero-order chi connectivity index (χ0) is 22.6. The van der Waals surface area contributed by atoms with E-state index < -0.39 is 0 Å². The molecule has 1 nitrogen and oxygen atoms in total. The normalized spacial score (nSPS) is 55.6.